The highest BCUT2D eigenvalue weighted by molar-refractivity contribution is 5.10. The molecule has 1 aromatic rings. The summed E-state index contributed by atoms with van der Waals surface area (Å²) >= 11 is 0. The number of pyridine rings is 1. The fraction of sp³-hybridized carbons (Fsp3) is 0.667. The van der Waals surface area contributed by atoms with E-state index in [1.165, 1.54) is 0 Å². The number of ether oxygens (including phenoxy) is 1. The normalized spacial score (nSPS) is 24.4. The van der Waals surface area contributed by atoms with E-state index in [1.807, 2.05) is 13.0 Å². The zero-order valence-corrected chi connectivity index (χ0v) is 12.1. The Balaban J connectivity index is 2.09. The Kier molecular flexibility index (Phi) is 4.91. The number of nitrogens with zero attached hydrogens (tertiary/aromatic N) is 2. The first-order valence-corrected chi connectivity index (χ1v) is 7.08. The maximum absolute atomic E-state index is 6.07. The summed E-state index contributed by atoms with van der Waals surface area (Å²) in [6.07, 6.45) is 3.19. The smallest absolute Gasteiger partial charge is 0.0547 e. The number of hydrogen-bond donors (Lipinski definition) is 1. The van der Waals surface area contributed by atoms with E-state index < -0.39 is 0 Å². The topological polar surface area (TPSA) is 51.4 Å². The minimum atomic E-state index is 0.0575. The number of hydrogen-bond acceptors (Lipinski definition) is 4. The van der Waals surface area contributed by atoms with Crippen LogP contribution in [0.1, 0.15) is 30.7 Å². The van der Waals surface area contributed by atoms with E-state index in [4.69, 9.17) is 10.5 Å². The SMILES string of the molecule is Cc1cccc(CN(C)C2(CN)CCCOCC2)n1. The minimum Gasteiger partial charge on any atom is -0.381 e. The molecule has 1 atom stereocenters. The lowest BCUT2D eigenvalue weighted by molar-refractivity contribution is 0.0825. The van der Waals surface area contributed by atoms with Crippen molar-refractivity contribution in [2.24, 2.45) is 5.73 Å². The molecule has 1 fully saturated rings. The van der Waals surface area contributed by atoms with Gasteiger partial charge < -0.3 is 10.5 Å². The first-order chi connectivity index (χ1) is 9.16. The molecule has 2 N–H and O–H groups in total. The Morgan fingerprint density at radius 2 is 2.21 bits per heavy atom. The van der Waals surface area contributed by atoms with E-state index in [2.05, 4.69) is 29.1 Å². The Labute approximate surface area is 116 Å². The van der Waals surface area contributed by atoms with Crippen LogP contribution in [0.2, 0.25) is 0 Å². The predicted molar refractivity (Wildman–Crippen MR) is 76.9 cm³/mol. The van der Waals surface area contributed by atoms with Gasteiger partial charge in [-0.15, -0.1) is 0 Å². The Morgan fingerprint density at radius 1 is 1.37 bits per heavy atom. The standard InChI is InChI=1S/C15H25N3O/c1-13-5-3-6-14(17-13)11-18(2)15(12-16)7-4-9-19-10-8-15/h3,5-6H,4,7-12,16H2,1-2H3. The lowest BCUT2D eigenvalue weighted by Crippen LogP contribution is -2.52. The molecule has 2 rings (SSSR count). The second kappa shape index (κ2) is 6.46. The van der Waals surface area contributed by atoms with E-state index in [0.717, 1.165) is 50.4 Å². The average molecular weight is 263 g/mol. The van der Waals surface area contributed by atoms with Crippen molar-refractivity contribution in [3.63, 3.8) is 0 Å². The van der Waals surface area contributed by atoms with Gasteiger partial charge in [-0.1, -0.05) is 6.07 Å². The van der Waals surface area contributed by atoms with Crippen LogP contribution in [-0.4, -0.2) is 42.2 Å². The molecular weight excluding hydrogens is 238 g/mol. The van der Waals surface area contributed by atoms with Gasteiger partial charge in [0.1, 0.15) is 0 Å². The van der Waals surface area contributed by atoms with Crippen LogP contribution in [-0.2, 0) is 11.3 Å². The molecule has 1 aromatic heterocycles. The molecule has 0 bridgehead atoms. The third kappa shape index (κ3) is 3.53. The van der Waals surface area contributed by atoms with Crippen LogP contribution in [0.25, 0.3) is 0 Å². The molecule has 4 nitrogen and oxygen atoms in total. The van der Waals surface area contributed by atoms with Crippen LogP contribution in [0.15, 0.2) is 18.2 Å². The molecule has 19 heavy (non-hydrogen) atoms. The summed E-state index contributed by atoms with van der Waals surface area (Å²) in [5.74, 6) is 0. The predicted octanol–water partition coefficient (Wildman–Crippen LogP) is 1.72. The molecule has 106 valence electrons. The summed E-state index contributed by atoms with van der Waals surface area (Å²) in [5.41, 5.74) is 8.31. The summed E-state index contributed by atoms with van der Waals surface area (Å²) in [4.78, 5) is 6.95. The summed E-state index contributed by atoms with van der Waals surface area (Å²) in [5, 5.41) is 0. The van der Waals surface area contributed by atoms with Gasteiger partial charge in [0.05, 0.1) is 5.69 Å². The van der Waals surface area contributed by atoms with Gasteiger partial charge in [0.15, 0.2) is 0 Å². The van der Waals surface area contributed by atoms with Crippen molar-refractivity contribution < 1.29 is 4.74 Å². The van der Waals surface area contributed by atoms with Crippen molar-refractivity contribution >= 4 is 0 Å². The van der Waals surface area contributed by atoms with Crippen LogP contribution in [0.5, 0.6) is 0 Å². The first kappa shape index (κ1) is 14.4. The highest BCUT2D eigenvalue weighted by Gasteiger charge is 2.34. The van der Waals surface area contributed by atoms with Crippen molar-refractivity contribution in [3.8, 4) is 0 Å². The molecule has 1 aliphatic rings. The number of nitrogens with two attached hydrogens (primary N) is 1. The molecule has 1 saturated heterocycles. The Bertz CT molecular complexity index is 400. The van der Waals surface area contributed by atoms with Crippen LogP contribution in [0.4, 0.5) is 0 Å². The van der Waals surface area contributed by atoms with E-state index in [0.29, 0.717) is 6.54 Å². The summed E-state index contributed by atoms with van der Waals surface area (Å²) in [6, 6.07) is 6.18. The minimum absolute atomic E-state index is 0.0575. The van der Waals surface area contributed by atoms with Crippen LogP contribution >= 0.6 is 0 Å². The van der Waals surface area contributed by atoms with Crippen LogP contribution < -0.4 is 5.73 Å². The average Bonchev–Trinajstić information content (AvgIpc) is 2.65. The Morgan fingerprint density at radius 3 is 2.95 bits per heavy atom. The molecule has 1 unspecified atom stereocenters. The summed E-state index contributed by atoms with van der Waals surface area (Å²) in [6.45, 7) is 5.22. The lowest BCUT2D eigenvalue weighted by Gasteiger charge is -2.40. The van der Waals surface area contributed by atoms with E-state index in [-0.39, 0.29) is 5.54 Å². The molecule has 0 amide bonds. The number of rotatable bonds is 4. The molecule has 0 radical (unpaired) electrons. The van der Waals surface area contributed by atoms with Crippen molar-refractivity contribution in [1.29, 1.82) is 0 Å². The van der Waals surface area contributed by atoms with Gasteiger partial charge in [0.2, 0.25) is 0 Å². The second-order valence-corrected chi connectivity index (χ2v) is 5.52. The maximum Gasteiger partial charge on any atom is 0.0547 e. The third-order valence-corrected chi connectivity index (χ3v) is 4.18. The molecule has 0 aliphatic carbocycles. The van der Waals surface area contributed by atoms with Crippen molar-refractivity contribution in [3.05, 3.63) is 29.6 Å². The van der Waals surface area contributed by atoms with Gasteiger partial charge >= 0.3 is 0 Å². The highest BCUT2D eigenvalue weighted by atomic mass is 16.5. The zero-order valence-electron chi connectivity index (χ0n) is 12.1. The van der Waals surface area contributed by atoms with Gasteiger partial charge in [-0.2, -0.15) is 0 Å². The van der Waals surface area contributed by atoms with Gasteiger partial charge in [-0.3, -0.25) is 9.88 Å². The van der Waals surface area contributed by atoms with E-state index >= 15 is 0 Å². The van der Waals surface area contributed by atoms with Crippen molar-refractivity contribution in [2.45, 2.75) is 38.3 Å². The van der Waals surface area contributed by atoms with Crippen molar-refractivity contribution in [2.75, 3.05) is 26.8 Å². The molecule has 2 heterocycles. The second-order valence-electron chi connectivity index (χ2n) is 5.52. The van der Waals surface area contributed by atoms with Gasteiger partial charge in [0, 0.05) is 37.5 Å². The number of likely N-dealkylation sites (N-methyl/N-ethyl adjacent to an activating group) is 1. The molecule has 4 heteroatoms. The summed E-state index contributed by atoms with van der Waals surface area (Å²) in [7, 11) is 2.15. The molecule has 0 spiro atoms. The lowest BCUT2D eigenvalue weighted by atomic mass is 9.88. The number of aromatic nitrogens is 1. The fourth-order valence-electron chi connectivity index (χ4n) is 2.83. The van der Waals surface area contributed by atoms with E-state index in [9.17, 15) is 0 Å². The van der Waals surface area contributed by atoms with Crippen LogP contribution in [0.3, 0.4) is 0 Å². The molecule has 0 saturated carbocycles. The van der Waals surface area contributed by atoms with E-state index in [1.54, 1.807) is 0 Å². The largest absolute Gasteiger partial charge is 0.381 e. The monoisotopic (exact) mass is 263 g/mol. The fourth-order valence-corrected chi connectivity index (χ4v) is 2.83. The first-order valence-electron chi connectivity index (χ1n) is 7.08. The summed E-state index contributed by atoms with van der Waals surface area (Å²) < 4.78 is 5.57. The molecule has 1 aliphatic heterocycles. The van der Waals surface area contributed by atoms with Crippen LogP contribution in [0, 0.1) is 6.92 Å². The van der Waals surface area contributed by atoms with Gasteiger partial charge in [-0.25, -0.2) is 0 Å². The van der Waals surface area contributed by atoms with Gasteiger partial charge in [0.25, 0.3) is 0 Å². The molecule has 0 aromatic carbocycles. The quantitative estimate of drug-likeness (QED) is 0.898. The zero-order chi connectivity index (χ0) is 13.7. The maximum atomic E-state index is 6.07. The van der Waals surface area contributed by atoms with Gasteiger partial charge in [-0.05, 0) is 45.4 Å². The van der Waals surface area contributed by atoms with Crippen molar-refractivity contribution in [1.82, 2.24) is 9.88 Å². The molecular formula is C15H25N3O. The Hall–Kier alpha value is -0.970. The highest BCUT2D eigenvalue weighted by Crippen LogP contribution is 2.27. The third-order valence-electron chi connectivity index (χ3n) is 4.18. The number of aryl methyl sites for hydroxylation is 1.